The number of sulfone groups is 1. The Morgan fingerprint density at radius 2 is 1.70 bits per heavy atom. The van der Waals surface area contributed by atoms with Gasteiger partial charge in [-0.05, 0) is 43.3 Å². The average molecular weight is 446 g/mol. The van der Waals surface area contributed by atoms with Gasteiger partial charge in [0.1, 0.15) is 0 Å². The standard InChI is InChI=1S/C19H16ClN5O4S/c1-13-17(22-25(21-13)15-5-3-2-4-6-15)18-23-24(19(26)29-18)11-12-30(27,28)16-9-7-14(20)8-10-16/h2-10H,11-12H2,1H3. The lowest BCUT2D eigenvalue weighted by molar-refractivity contribution is 0.487. The summed E-state index contributed by atoms with van der Waals surface area (Å²) in [5, 5.41) is 13.2. The minimum Gasteiger partial charge on any atom is -0.386 e. The maximum atomic E-state index is 12.5. The van der Waals surface area contributed by atoms with Crippen LogP contribution in [0.4, 0.5) is 0 Å². The number of benzene rings is 2. The highest BCUT2D eigenvalue weighted by atomic mass is 35.5. The van der Waals surface area contributed by atoms with Crippen LogP contribution in [0.5, 0.6) is 0 Å². The van der Waals surface area contributed by atoms with E-state index in [1.807, 2.05) is 30.3 Å². The van der Waals surface area contributed by atoms with Crippen LogP contribution in [0.3, 0.4) is 0 Å². The van der Waals surface area contributed by atoms with Crippen molar-refractivity contribution in [2.75, 3.05) is 5.75 Å². The van der Waals surface area contributed by atoms with Crippen molar-refractivity contribution in [3.05, 3.63) is 75.9 Å². The molecule has 0 spiro atoms. The van der Waals surface area contributed by atoms with Crippen LogP contribution in [-0.2, 0) is 16.4 Å². The molecule has 4 aromatic rings. The topological polar surface area (TPSA) is 113 Å². The quantitative estimate of drug-likeness (QED) is 0.448. The Morgan fingerprint density at radius 1 is 1.00 bits per heavy atom. The number of aromatic nitrogens is 5. The molecule has 2 heterocycles. The van der Waals surface area contributed by atoms with Crippen molar-refractivity contribution >= 4 is 21.4 Å². The van der Waals surface area contributed by atoms with E-state index < -0.39 is 15.6 Å². The van der Waals surface area contributed by atoms with E-state index in [1.165, 1.54) is 29.1 Å². The third-order valence-corrected chi connectivity index (χ3v) is 6.29. The molecule has 0 N–H and O–H groups in total. The molecular weight excluding hydrogens is 430 g/mol. The maximum absolute atomic E-state index is 12.5. The van der Waals surface area contributed by atoms with Crippen LogP contribution in [0, 0.1) is 6.92 Å². The Morgan fingerprint density at radius 3 is 2.40 bits per heavy atom. The highest BCUT2D eigenvalue weighted by Crippen LogP contribution is 2.19. The molecule has 11 heteroatoms. The molecule has 0 aliphatic rings. The smallest absolute Gasteiger partial charge is 0.386 e. The molecule has 0 aliphatic carbocycles. The number of para-hydroxylation sites is 1. The maximum Gasteiger partial charge on any atom is 0.437 e. The second-order valence-corrected chi connectivity index (χ2v) is 8.97. The van der Waals surface area contributed by atoms with Gasteiger partial charge in [0.05, 0.1) is 28.6 Å². The van der Waals surface area contributed by atoms with Crippen molar-refractivity contribution in [3.8, 4) is 17.3 Å². The average Bonchev–Trinajstić information content (AvgIpc) is 3.30. The summed E-state index contributed by atoms with van der Waals surface area (Å²) in [6, 6.07) is 15.1. The molecule has 0 radical (unpaired) electrons. The summed E-state index contributed by atoms with van der Waals surface area (Å²) in [4.78, 5) is 13.7. The fourth-order valence-corrected chi connectivity index (χ4v) is 4.09. The number of halogens is 1. The molecule has 0 amide bonds. The molecule has 0 aliphatic heterocycles. The first kappa shape index (κ1) is 20.0. The van der Waals surface area contributed by atoms with Gasteiger partial charge in [0.2, 0.25) is 0 Å². The van der Waals surface area contributed by atoms with Gasteiger partial charge in [-0.15, -0.1) is 10.2 Å². The van der Waals surface area contributed by atoms with Gasteiger partial charge in [-0.3, -0.25) is 0 Å². The molecule has 0 bridgehead atoms. The molecule has 154 valence electrons. The van der Waals surface area contributed by atoms with E-state index in [1.54, 1.807) is 6.92 Å². The second-order valence-electron chi connectivity index (χ2n) is 6.43. The Labute approximate surface area is 176 Å². The molecule has 9 nitrogen and oxygen atoms in total. The van der Waals surface area contributed by atoms with Gasteiger partial charge in [-0.1, -0.05) is 29.8 Å². The van der Waals surface area contributed by atoms with E-state index in [0.29, 0.717) is 16.4 Å². The minimum absolute atomic E-state index is 0.0245. The van der Waals surface area contributed by atoms with Crippen molar-refractivity contribution in [2.45, 2.75) is 18.4 Å². The largest absolute Gasteiger partial charge is 0.437 e. The predicted octanol–water partition coefficient (Wildman–Crippen LogP) is 2.52. The normalized spacial score (nSPS) is 11.7. The van der Waals surface area contributed by atoms with E-state index >= 15 is 0 Å². The van der Waals surface area contributed by atoms with Gasteiger partial charge < -0.3 is 4.42 Å². The minimum atomic E-state index is -3.62. The molecule has 4 rings (SSSR count). The third-order valence-electron chi connectivity index (χ3n) is 4.32. The third kappa shape index (κ3) is 4.05. The molecule has 0 saturated heterocycles. The summed E-state index contributed by atoms with van der Waals surface area (Å²) < 4.78 is 31.1. The zero-order chi connectivity index (χ0) is 21.3. The lowest BCUT2D eigenvalue weighted by Gasteiger charge is -2.03. The number of rotatable bonds is 6. The van der Waals surface area contributed by atoms with E-state index in [-0.39, 0.29) is 23.1 Å². The van der Waals surface area contributed by atoms with Gasteiger partial charge in [0.15, 0.2) is 15.5 Å². The van der Waals surface area contributed by atoms with Gasteiger partial charge >= 0.3 is 5.76 Å². The monoisotopic (exact) mass is 445 g/mol. The highest BCUT2D eigenvalue weighted by molar-refractivity contribution is 7.91. The zero-order valence-electron chi connectivity index (χ0n) is 15.8. The number of hydrogen-bond acceptors (Lipinski definition) is 7. The Balaban J connectivity index is 1.56. The van der Waals surface area contributed by atoms with Crippen LogP contribution >= 0.6 is 11.6 Å². The molecule has 0 unspecified atom stereocenters. The molecular formula is C19H16ClN5O4S. The first-order valence-corrected chi connectivity index (χ1v) is 10.9. The Hall–Kier alpha value is -3.24. The summed E-state index contributed by atoms with van der Waals surface area (Å²) in [5.41, 5.74) is 1.55. The Kier molecular flexibility index (Phi) is 5.27. The first-order valence-electron chi connectivity index (χ1n) is 8.89. The van der Waals surface area contributed by atoms with E-state index in [2.05, 4.69) is 15.3 Å². The van der Waals surface area contributed by atoms with Crippen molar-refractivity contribution in [1.82, 2.24) is 24.8 Å². The fourth-order valence-electron chi connectivity index (χ4n) is 2.76. The summed E-state index contributed by atoms with van der Waals surface area (Å²) in [7, 11) is -3.62. The van der Waals surface area contributed by atoms with Gasteiger partial charge in [-0.2, -0.15) is 14.6 Å². The zero-order valence-corrected chi connectivity index (χ0v) is 17.3. The Bertz CT molecular complexity index is 1340. The fraction of sp³-hybridized carbons (Fsp3) is 0.158. The lowest BCUT2D eigenvalue weighted by Crippen LogP contribution is -2.21. The van der Waals surface area contributed by atoms with Crippen LogP contribution in [0.25, 0.3) is 17.3 Å². The summed E-state index contributed by atoms with van der Waals surface area (Å²) in [6.45, 7) is 1.55. The van der Waals surface area contributed by atoms with Crippen LogP contribution in [0.15, 0.2) is 68.7 Å². The molecule has 2 aromatic heterocycles. The van der Waals surface area contributed by atoms with Crippen molar-refractivity contribution in [3.63, 3.8) is 0 Å². The van der Waals surface area contributed by atoms with Crippen LogP contribution < -0.4 is 5.76 Å². The van der Waals surface area contributed by atoms with Crippen LogP contribution in [-0.4, -0.2) is 38.9 Å². The summed E-state index contributed by atoms with van der Waals surface area (Å²) >= 11 is 5.79. The van der Waals surface area contributed by atoms with Gasteiger partial charge in [-0.25, -0.2) is 13.2 Å². The first-order chi connectivity index (χ1) is 14.3. The molecule has 0 fully saturated rings. The second kappa shape index (κ2) is 7.88. The molecule has 2 aromatic carbocycles. The van der Waals surface area contributed by atoms with Gasteiger partial charge in [0, 0.05) is 5.02 Å². The van der Waals surface area contributed by atoms with Gasteiger partial charge in [0.25, 0.3) is 5.89 Å². The van der Waals surface area contributed by atoms with E-state index in [9.17, 15) is 13.2 Å². The number of nitrogens with zero attached hydrogens (tertiary/aromatic N) is 5. The molecule has 30 heavy (non-hydrogen) atoms. The molecule has 0 saturated carbocycles. The van der Waals surface area contributed by atoms with Crippen molar-refractivity contribution in [2.24, 2.45) is 0 Å². The SMILES string of the molecule is Cc1nn(-c2ccccc2)nc1-c1nn(CCS(=O)(=O)c2ccc(Cl)cc2)c(=O)o1. The van der Waals surface area contributed by atoms with E-state index in [0.717, 1.165) is 10.4 Å². The predicted molar refractivity (Wildman–Crippen MR) is 109 cm³/mol. The number of hydrogen-bond donors (Lipinski definition) is 0. The lowest BCUT2D eigenvalue weighted by atomic mass is 10.3. The highest BCUT2D eigenvalue weighted by Gasteiger charge is 2.20. The van der Waals surface area contributed by atoms with Crippen LogP contribution in [0.2, 0.25) is 5.02 Å². The van der Waals surface area contributed by atoms with Crippen molar-refractivity contribution in [1.29, 1.82) is 0 Å². The number of aryl methyl sites for hydroxylation is 2. The molecule has 0 atom stereocenters. The van der Waals surface area contributed by atoms with Crippen LogP contribution in [0.1, 0.15) is 5.69 Å². The van der Waals surface area contributed by atoms with E-state index in [4.69, 9.17) is 16.0 Å². The summed E-state index contributed by atoms with van der Waals surface area (Å²) in [6.07, 6.45) is 0. The van der Waals surface area contributed by atoms with Crippen molar-refractivity contribution < 1.29 is 12.8 Å². The summed E-state index contributed by atoms with van der Waals surface area (Å²) in [5.74, 6) is -1.12.